The Morgan fingerprint density at radius 1 is 1.50 bits per heavy atom. The zero-order valence-corrected chi connectivity index (χ0v) is 9.30. The van der Waals surface area contributed by atoms with Crippen molar-refractivity contribution in [3.05, 3.63) is 0 Å². The Kier molecular flexibility index (Phi) is 6.79. The first-order valence-electron chi connectivity index (χ1n) is 5.00. The lowest BCUT2D eigenvalue weighted by atomic mass is 10.1. The molecule has 0 aromatic heterocycles. The Bertz CT molecular complexity index is 296. The fourth-order valence-corrected chi connectivity index (χ4v) is 0.919. The quantitative estimate of drug-likeness (QED) is 0.397. The van der Waals surface area contributed by atoms with Crippen molar-refractivity contribution in [2.75, 3.05) is 0 Å². The highest BCUT2D eigenvalue weighted by Crippen LogP contribution is 2.07. The van der Waals surface area contributed by atoms with E-state index in [0.29, 0.717) is 6.42 Å². The van der Waals surface area contributed by atoms with E-state index in [1.54, 1.807) is 6.92 Å². The van der Waals surface area contributed by atoms with E-state index < -0.39 is 18.0 Å². The summed E-state index contributed by atoms with van der Waals surface area (Å²) >= 11 is 0. The third-order valence-electron chi connectivity index (χ3n) is 2.00. The molecule has 2 atom stereocenters. The summed E-state index contributed by atoms with van der Waals surface area (Å²) in [6.07, 6.45) is 1.31. The molecule has 90 valence electrons. The van der Waals surface area contributed by atoms with Crippen molar-refractivity contribution in [2.24, 2.45) is 4.99 Å². The largest absolute Gasteiger partial charge is 0.481 e. The van der Waals surface area contributed by atoms with Crippen LogP contribution >= 0.6 is 0 Å². The van der Waals surface area contributed by atoms with Gasteiger partial charge in [0.15, 0.2) is 6.04 Å². The minimum absolute atomic E-state index is 0.0557. The molecule has 0 aromatic rings. The van der Waals surface area contributed by atoms with Crippen LogP contribution in [0.3, 0.4) is 0 Å². The van der Waals surface area contributed by atoms with Crippen LogP contribution in [-0.2, 0) is 19.1 Å². The lowest BCUT2D eigenvalue weighted by Crippen LogP contribution is -2.26. The predicted octanol–water partition coefficient (Wildman–Crippen LogP) is 0.897. The molecular formula is C10H15NO5. The first-order valence-corrected chi connectivity index (χ1v) is 5.00. The molecule has 2 unspecified atom stereocenters. The van der Waals surface area contributed by atoms with Gasteiger partial charge in [-0.3, -0.25) is 4.79 Å². The van der Waals surface area contributed by atoms with E-state index in [-0.39, 0.29) is 18.9 Å². The number of carboxylic acid groups (broad SMARTS) is 1. The van der Waals surface area contributed by atoms with Crippen LogP contribution < -0.4 is 0 Å². The Morgan fingerprint density at radius 2 is 2.12 bits per heavy atom. The number of rotatable bonds is 7. The molecule has 0 amide bonds. The molecule has 0 saturated carbocycles. The van der Waals surface area contributed by atoms with E-state index in [2.05, 4.69) is 4.99 Å². The summed E-state index contributed by atoms with van der Waals surface area (Å²) in [5, 5.41) is 8.45. The lowest BCUT2D eigenvalue weighted by Gasteiger charge is -2.14. The molecule has 6 heteroatoms. The number of carbonyl (C=O) groups is 2. The van der Waals surface area contributed by atoms with Gasteiger partial charge in [0.25, 0.3) is 0 Å². The molecule has 0 bridgehead atoms. The number of aliphatic carboxylic acids is 1. The van der Waals surface area contributed by atoms with Crippen molar-refractivity contribution in [2.45, 2.75) is 45.3 Å². The van der Waals surface area contributed by atoms with Gasteiger partial charge in [0.05, 0.1) is 6.10 Å². The molecule has 0 radical (unpaired) electrons. The zero-order valence-electron chi connectivity index (χ0n) is 9.30. The summed E-state index contributed by atoms with van der Waals surface area (Å²) in [5.41, 5.74) is 0. The summed E-state index contributed by atoms with van der Waals surface area (Å²) in [5.74, 6) is -1.73. The molecule has 16 heavy (non-hydrogen) atoms. The fraction of sp³-hybridized carbons (Fsp3) is 0.700. The van der Waals surface area contributed by atoms with Crippen LogP contribution in [0.5, 0.6) is 0 Å². The highest BCUT2D eigenvalue weighted by Gasteiger charge is 2.21. The van der Waals surface area contributed by atoms with E-state index in [4.69, 9.17) is 9.84 Å². The molecule has 0 rings (SSSR count). The maximum Gasteiger partial charge on any atom is 0.332 e. The van der Waals surface area contributed by atoms with Crippen LogP contribution in [0.15, 0.2) is 4.99 Å². The van der Waals surface area contributed by atoms with Crippen LogP contribution in [0.1, 0.15) is 33.1 Å². The minimum Gasteiger partial charge on any atom is -0.481 e. The van der Waals surface area contributed by atoms with Gasteiger partial charge in [0, 0.05) is 6.42 Å². The Balaban J connectivity index is 4.34. The standard InChI is InChI=1S/C10H15NO5/c1-3-7(2)16-10(15)8(11-6-12)4-5-9(13)14/h7-8H,3-5H2,1-2H3,(H,13,14). The van der Waals surface area contributed by atoms with Crippen molar-refractivity contribution in [3.63, 3.8) is 0 Å². The molecule has 0 aliphatic heterocycles. The zero-order chi connectivity index (χ0) is 12.6. The van der Waals surface area contributed by atoms with Gasteiger partial charge in [-0.05, 0) is 19.8 Å². The summed E-state index contributed by atoms with van der Waals surface area (Å²) in [4.78, 5) is 35.1. The average Bonchev–Trinajstić information content (AvgIpc) is 2.23. The van der Waals surface area contributed by atoms with Crippen molar-refractivity contribution in [3.8, 4) is 0 Å². The number of isocyanates is 1. The SMILES string of the molecule is CCC(C)OC(=O)C(CCC(=O)O)N=C=O. The third-order valence-corrected chi connectivity index (χ3v) is 2.00. The van der Waals surface area contributed by atoms with Gasteiger partial charge >= 0.3 is 11.9 Å². The lowest BCUT2D eigenvalue weighted by molar-refractivity contribution is -0.150. The molecule has 1 N–H and O–H groups in total. The Labute approximate surface area is 93.3 Å². The van der Waals surface area contributed by atoms with E-state index >= 15 is 0 Å². The molecule has 0 saturated heterocycles. The van der Waals surface area contributed by atoms with E-state index in [1.165, 1.54) is 6.08 Å². The summed E-state index contributed by atoms with van der Waals surface area (Å²) in [7, 11) is 0. The van der Waals surface area contributed by atoms with Gasteiger partial charge < -0.3 is 9.84 Å². The number of aliphatic imine (C=N–C) groups is 1. The smallest absolute Gasteiger partial charge is 0.332 e. The first kappa shape index (κ1) is 14.3. The van der Waals surface area contributed by atoms with Crippen LogP contribution in [0.4, 0.5) is 0 Å². The number of nitrogens with zero attached hydrogens (tertiary/aromatic N) is 1. The van der Waals surface area contributed by atoms with Crippen LogP contribution in [-0.4, -0.2) is 35.3 Å². The van der Waals surface area contributed by atoms with Gasteiger partial charge in [-0.1, -0.05) is 6.92 Å². The summed E-state index contributed by atoms with van der Waals surface area (Å²) in [6, 6.07) is -1.07. The molecule has 0 aliphatic rings. The van der Waals surface area contributed by atoms with E-state index in [1.807, 2.05) is 6.92 Å². The number of esters is 1. The van der Waals surface area contributed by atoms with Crippen molar-refractivity contribution in [1.29, 1.82) is 0 Å². The number of ether oxygens (including phenoxy) is 1. The number of carbonyl (C=O) groups excluding carboxylic acids is 2. The fourth-order valence-electron chi connectivity index (χ4n) is 0.919. The molecule has 0 heterocycles. The monoisotopic (exact) mass is 229 g/mol. The number of carboxylic acids is 1. The van der Waals surface area contributed by atoms with E-state index in [0.717, 1.165) is 0 Å². The molecule has 0 aromatic carbocycles. The second-order valence-electron chi connectivity index (χ2n) is 3.32. The normalized spacial score (nSPS) is 13.4. The van der Waals surface area contributed by atoms with Crippen LogP contribution in [0.25, 0.3) is 0 Å². The van der Waals surface area contributed by atoms with Crippen LogP contribution in [0.2, 0.25) is 0 Å². The summed E-state index contributed by atoms with van der Waals surface area (Å²) in [6.45, 7) is 3.55. The van der Waals surface area contributed by atoms with Gasteiger partial charge in [0.1, 0.15) is 0 Å². The maximum absolute atomic E-state index is 11.4. The number of hydrogen-bond acceptors (Lipinski definition) is 5. The highest BCUT2D eigenvalue weighted by atomic mass is 16.5. The van der Waals surface area contributed by atoms with Crippen molar-refractivity contribution < 1.29 is 24.2 Å². The third kappa shape index (κ3) is 5.93. The second-order valence-corrected chi connectivity index (χ2v) is 3.32. The second kappa shape index (κ2) is 7.59. The van der Waals surface area contributed by atoms with Gasteiger partial charge in [-0.15, -0.1) is 0 Å². The molecular weight excluding hydrogens is 214 g/mol. The Hall–Kier alpha value is -1.68. The van der Waals surface area contributed by atoms with Gasteiger partial charge in [-0.25, -0.2) is 9.59 Å². The van der Waals surface area contributed by atoms with E-state index in [9.17, 15) is 14.4 Å². The average molecular weight is 229 g/mol. The molecule has 6 nitrogen and oxygen atoms in total. The topological polar surface area (TPSA) is 93.0 Å². The highest BCUT2D eigenvalue weighted by molar-refractivity contribution is 5.78. The van der Waals surface area contributed by atoms with Gasteiger partial charge in [0.2, 0.25) is 6.08 Å². The van der Waals surface area contributed by atoms with Crippen molar-refractivity contribution in [1.82, 2.24) is 0 Å². The molecule has 0 spiro atoms. The van der Waals surface area contributed by atoms with Crippen molar-refractivity contribution >= 4 is 18.0 Å². The van der Waals surface area contributed by atoms with Gasteiger partial charge in [-0.2, -0.15) is 4.99 Å². The maximum atomic E-state index is 11.4. The molecule has 0 fully saturated rings. The van der Waals surface area contributed by atoms with Crippen LogP contribution in [0, 0.1) is 0 Å². The predicted molar refractivity (Wildman–Crippen MR) is 54.6 cm³/mol. The minimum atomic E-state index is -1.07. The molecule has 0 aliphatic carbocycles. The number of hydrogen-bond donors (Lipinski definition) is 1. The Morgan fingerprint density at radius 3 is 2.56 bits per heavy atom. The summed E-state index contributed by atoms with van der Waals surface area (Å²) < 4.78 is 4.94. The first-order chi connectivity index (χ1) is 7.51.